The molecular formula is C12H19N3O. The number of nitrogens with one attached hydrogen (secondary N) is 1. The third-order valence-electron chi connectivity index (χ3n) is 2.13. The summed E-state index contributed by atoms with van der Waals surface area (Å²) in [4.78, 5) is 2.00. The van der Waals surface area contributed by atoms with Crippen LogP contribution < -0.4 is 5.32 Å². The molecule has 1 aromatic heterocycles. The Hall–Kier alpha value is -1.31. The van der Waals surface area contributed by atoms with E-state index in [4.69, 9.17) is 10.9 Å². The maximum atomic E-state index is 5.22. The summed E-state index contributed by atoms with van der Waals surface area (Å²) in [5.74, 6) is 3.44. The molecule has 0 amide bonds. The zero-order valence-electron chi connectivity index (χ0n) is 9.99. The van der Waals surface area contributed by atoms with Gasteiger partial charge in [-0.15, -0.1) is 6.42 Å². The Kier molecular flexibility index (Phi) is 5.62. The van der Waals surface area contributed by atoms with Crippen molar-refractivity contribution in [2.24, 2.45) is 0 Å². The number of rotatable bonds is 7. The Morgan fingerprint density at radius 1 is 1.62 bits per heavy atom. The molecule has 0 aliphatic heterocycles. The van der Waals surface area contributed by atoms with Crippen LogP contribution in [0.25, 0.3) is 0 Å². The van der Waals surface area contributed by atoms with Crippen LogP contribution in [-0.2, 0) is 13.1 Å². The molecule has 1 N–H and O–H groups in total. The van der Waals surface area contributed by atoms with Crippen LogP contribution in [0.5, 0.6) is 0 Å². The van der Waals surface area contributed by atoms with Crippen LogP contribution in [0.1, 0.15) is 24.8 Å². The summed E-state index contributed by atoms with van der Waals surface area (Å²) in [6, 6.07) is 1.97. The van der Waals surface area contributed by atoms with Gasteiger partial charge in [-0.05, 0) is 20.0 Å². The van der Waals surface area contributed by atoms with Crippen LogP contribution in [0, 0.1) is 12.3 Å². The summed E-state index contributed by atoms with van der Waals surface area (Å²) in [7, 11) is 1.96. The lowest BCUT2D eigenvalue weighted by Gasteiger charge is -2.09. The van der Waals surface area contributed by atoms with Gasteiger partial charge in [0.2, 0.25) is 0 Å². The van der Waals surface area contributed by atoms with Crippen molar-refractivity contribution in [3.63, 3.8) is 0 Å². The molecule has 1 rings (SSSR count). The van der Waals surface area contributed by atoms with Crippen molar-refractivity contribution < 1.29 is 4.52 Å². The van der Waals surface area contributed by atoms with E-state index >= 15 is 0 Å². The first-order valence-corrected chi connectivity index (χ1v) is 5.53. The average Bonchev–Trinajstić information content (AvgIpc) is 2.66. The molecule has 0 bridgehead atoms. The van der Waals surface area contributed by atoms with Crippen molar-refractivity contribution in [1.82, 2.24) is 15.4 Å². The van der Waals surface area contributed by atoms with E-state index in [0.29, 0.717) is 13.1 Å². The van der Waals surface area contributed by atoms with E-state index in [2.05, 4.69) is 23.3 Å². The maximum absolute atomic E-state index is 5.22. The van der Waals surface area contributed by atoms with E-state index in [1.54, 1.807) is 0 Å². The molecule has 0 aliphatic rings. The molecule has 1 heterocycles. The SMILES string of the molecule is C#CCN(C)Cc1cc(CNCCC)no1. The lowest BCUT2D eigenvalue weighted by molar-refractivity contribution is 0.293. The first-order valence-electron chi connectivity index (χ1n) is 5.53. The number of aromatic nitrogens is 1. The van der Waals surface area contributed by atoms with Crippen LogP contribution >= 0.6 is 0 Å². The highest BCUT2D eigenvalue weighted by Gasteiger charge is 2.05. The molecule has 4 heteroatoms. The van der Waals surface area contributed by atoms with Crippen LogP contribution in [0.4, 0.5) is 0 Å². The summed E-state index contributed by atoms with van der Waals surface area (Å²) >= 11 is 0. The van der Waals surface area contributed by atoms with Crippen LogP contribution in [0.3, 0.4) is 0 Å². The highest BCUT2D eigenvalue weighted by Crippen LogP contribution is 2.05. The van der Waals surface area contributed by atoms with Gasteiger partial charge in [-0.2, -0.15) is 0 Å². The fourth-order valence-electron chi connectivity index (χ4n) is 1.38. The van der Waals surface area contributed by atoms with Gasteiger partial charge in [0.1, 0.15) is 0 Å². The van der Waals surface area contributed by atoms with Gasteiger partial charge in [0.25, 0.3) is 0 Å². The van der Waals surface area contributed by atoms with E-state index in [1.165, 1.54) is 0 Å². The zero-order chi connectivity index (χ0) is 11.8. The standard InChI is InChI=1S/C12H19N3O/c1-4-6-13-9-11-8-12(16-14-11)10-15(3)7-5-2/h2,8,13H,4,6-7,9-10H2,1,3H3. The lowest BCUT2D eigenvalue weighted by atomic mass is 10.3. The van der Waals surface area contributed by atoms with Crippen molar-refractivity contribution in [2.45, 2.75) is 26.4 Å². The molecule has 88 valence electrons. The molecule has 16 heavy (non-hydrogen) atoms. The number of nitrogens with zero attached hydrogens (tertiary/aromatic N) is 2. The zero-order valence-corrected chi connectivity index (χ0v) is 9.99. The highest BCUT2D eigenvalue weighted by atomic mass is 16.5. The molecule has 0 saturated carbocycles. The molecular weight excluding hydrogens is 202 g/mol. The van der Waals surface area contributed by atoms with Crippen molar-refractivity contribution in [2.75, 3.05) is 20.1 Å². The summed E-state index contributed by atoms with van der Waals surface area (Å²) in [6.07, 6.45) is 6.34. The Morgan fingerprint density at radius 3 is 3.12 bits per heavy atom. The molecule has 0 spiro atoms. The molecule has 4 nitrogen and oxygen atoms in total. The summed E-state index contributed by atoms with van der Waals surface area (Å²) < 4.78 is 5.21. The minimum Gasteiger partial charge on any atom is -0.360 e. The molecule has 0 aromatic carbocycles. The van der Waals surface area contributed by atoms with Crippen LogP contribution in [0.15, 0.2) is 10.6 Å². The third kappa shape index (κ3) is 4.47. The Bertz CT molecular complexity index is 340. The first kappa shape index (κ1) is 12.8. The summed E-state index contributed by atoms with van der Waals surface area (Å²) in [6.45, 7) is 5.21. The van der Waals surface area contributed by atoms with Gasteiger partial charge < -0.3 is 9.84 Å². The van der Waals surface area contributed by atoms with Gasteiger partial charge in [-0.25, -0.2) is 0 Å². The molecule has 0 saturated heterocycles. The Balaban J connectivity index is 2.36. The van der Waals surface area contributed by atoms with E-state index < -0.39 is 0 Å². The highest BCUT2D eigenvalue weighted by molar-refractivity contribution is 5.05. The van der Waals surface area contributed by atoms with Crippen molar-refractivity contribution in [3.05, 3.63) is 17.5 Å². The van der Waals surface area contributed by atoms with Crippen LogP contribution in [0.2, 0.25) is 0 Å². The molecule has 0 radical (unpaired) electrons. The quantitative estimate of drug-likeness (QED) is 0.555. The van der Waals surface area contributed by atoms with Gasteiger partial charge in [0, 0.05) is 12.6 Å². The fraction of sp³-hybridized carbons (Fsp3) is 0.583. The van der Waals surface area contributed by atoms with Gasteiger partial charge in [0.15, 0.2) is 5.76 Å². The van der Waals surface area contributed by atoms with Crippen LogP contribution in [-0.4, -0.2) is 30.2 Å². The van der Waals surface area contributed by atoms with E-state index in [9.17, 15) is 0 Å². The molecule has 0 fully saturated rings. The normalized spacial score (nSPS) is 10.6. The molecule has 0 aliphatic carbocycles. The van der Waals surface area contributed by atoms with Gasteiger partial charge in [0.05, 0.1) is 18.8 Å². The molecule has 0 unspecified atom stereocenters. The monoisotopic (exact) mass is 221 g/mol. The maximum Gasteiger partial charge on any atom is 0.151 e. The Labute approximate surface area is 97.0 Å². The second kappa shape index (κ2) is 7.04. The van der Waals surface area contributed by atoms with E-state index in [0.717, 1.165) is 31.0 Å². The minimum atomic E-state index is 0.615. The number of hydrogen-bond acceptors (Lipinski definition) is 4. The smallest absolute Gasteiger partial charge is 0.151 e. The summed E-state index contributed by atoms with van der Waals surface area (Å²) in [5, 5.41) is 7.26. The topological polar surface area (TPSA) is 41.3 Å². The summed E-state index contributed by atoms with van der Waals surface area (Å²) in [5.41, 5.74) is 0.942. The largest absolute Gasteiger partial charge is 0.360 e. The van der Waals surface area contributed by atoms with Gasteiger partial charge in [-0.1, -0.05) is 18.0 Å². The van der Waals surface area contributed by atoms with Crippen molar-refractivity contribution >= 4 is 0 Å². The predicted octanol–water partition coefficient (Wildman–Crippen LogP) is 1.24. The van der Waals surface area contributed by atoms with Gasteiger partial charge in [-0.3, -0.25) is 4.90 Å². The Morgan fingerprint density at radius 2 is 2.44 bits per heavy atom. The lowest BCUT2D eigenvalue weighted by Crippen LogP contribution is -2.17. The molecule has 1 aromatic rings. The van der Waals surface area contributed by atoms with E-state index in [-0.39, 0.29) is 0 Å². The minimum absolute atomic E-state index is 0.615. The third-order valence-corrected chi connectivity index (χ3v) is 2.13. The first-order chi connectivity index (χ1) is 7.76. The predicted molar refractivity (Wildman–Crippen MR) is 63.7 cm³/mol. The van der Waals surface area contributed by atoms with Crippen molar-refractivity contribution in [1.29, 1.82) is 0 Å². The fourth-order valence-corrected chi connectivity index (χ4v) is 1.38. The van der Waals surface area contributed by atoms with Gasteiger partial charge >= 0.3 is 0 Å². The second-order valence-corrected chi connectivity index (χ2v) is 3.84. The molecule has 0 atom stereocenters. The number of terminal acetylenes is 1. The second-order valence-electron chi connectivity index (χ2n) is 3.84. The van der Waals surface area contributed by atoms with Crippen molar-refractivity contribution in [3.8, 4) is 12.3 Å². The average molecular weight is 221 g/mol. The number of hydrogen-bond donors (Lipinski definition) is 1. The van der Waals surface area contributed by atoms with E-state index in [1.807, 2.05) is 18.0 Å².